The van der Waals surface area contributed by atoms with E-state index in [1.54, 1.807) is 0 Å². The lowest BCUT2D eigenvalue weighted by atomic mass is 9.46. The van der Waals surface area contributed by atoms with Crippen LogP contribution < -0.4 is 0 Å². The highest BCUT2D eigenvalue weighted by atomic mass is 16.3. The summed E-state index contributed by atoms with van der Waals surface area (Å²) in [6.07, 6.45) is 5.97. The molecule has 3 heteroatoms. The van der Waals surface area contributed by atoms with Gasteiger partial charge in [-0.2, -0.15) is 0 Å². The third-order valence-corrected chi connectivity index (χ3v) is 7.82. The van der Waals surface area contributed by atoms with Gasteiger partial charge in [0.25, 0.3) is 0 Å². The summed E-state index contributed by atoms with van der Waals surface area (Å²) in [7, 11) is 0. The van der Waals surface area contributed by atoms with Crippen LogP contribution in [-0.2, 0) is 4.79 Å². The highest BCUT2D eigenvalue weighted by Gasteiger charge is 2.62. The molecule has 7 unspecified atom stereocenters. The average molecular weight is 316 g/mol. The van der Waals surface area contributed by atoms with E-state index in [1.807, 2.05) is 6.08 Å². The Hall–Kier alpha value is -0.930. The summed E-state index contributed by atoms with van der Waals surface area (Å²) in [6, 6.07) is 0. The minimum absolute atomic E-state index is 0.0492. The topological polar surface area (TPSA) is 57.5 Å². The van der Waals surface area contributed by atoms with Gasteiger partial charge in [0, 0.05) is 11.8 Å². The zero-order chi connectivity index (χ0) is 16.6. The van der Waals surface area contributed by atoms with Crippen molar-refractivity contribution in [3.63, 3.8) is 0 Å². The molecule has 4 rings (SSSR count). The van der Waals surface area contributed by atoms with Gasteiger partial charge in [0.05, 0.1) is 12.2 Å². The first-order chi connectivity index (χ1) is 10.8. The molecule has 23 heavy (non-hydrogen) atoms. The summed E-state index contributed by atoms with van der Waals surface area (Å²) in [6.45, 7) is 8.48. The lowest BCUT2D eigenvalue weighted by molar-refractivity contribution is -0.141. The maximum absolute atomic E-state index is 11.8. The smallest absolute Gasteiger partial charge is 0.155 e. The molecule has 126 valence electrons. The lowest BCUT2D eigenvalue weighted by Gasteiger charge is -2.59. The summed E-state index contributed by atoms with van der Waals surface area (Å²) in [5.41, 5.74) is 1.91. The molecule has 7 atom stereocenters. The van der Waals surface area contributed by atoms with E-state index < -0.39 is 12.2 Å². The Morgan fingerprint density at radius 3 is 2.74 bits per heavy atom. The monoisotopic (exact) mass is 316 g/mol. The van der Waals surface area contributed by atoms with Gasteiger partial charge >= 0.3 is 0 Å². The van der Waals surface area contributed by atoms with Crippen molar-refractivity contribution in [2.45, 2.75) is 64.6 Å². The second kappa shape index (κ2) is 4.80. The van der Waals surface area contributed by atoms with Crippen molar-refractivity contribution in [2.75, 3.05) is 0 Å². The van der Waals surface area contributed by atoms with Crippen molar-refractivity contribution in [3.05, 3.63) is 23.8 Å². The number of ketones is 1. The molecule has 0 aliphatic heterocycles. The van der Waals surface area contributed by atoms with E-state index in [1.165, 1.54) is 5.57 Å². The Labute approximate surface area is 138 Å². The molecule has 3 nitrogen and oxygen atoms in total. The zero-order valence-corrected chi connectivity index (χ0v) is 14.2. The van der Waals surface area contributed by atoms with Crippen LogP contribution in [0, 0.1) is 28.6 Å². The van der Waals surface area contributed by atoms with Crippen LogP contribution in [0.15, 0.2) is 23.8 Å². The summed E-state index contributed by atoms with van der Waals surface area (Å²) in [5, 5.41) is 21.7. The number of allylic oxidation sites excluding steroid dienone is 1. The molecule has 4 aliphatic carbocycles. The van der Waals surface area contributed by atoms with Gasteiger partial charge in [-0.15, -0.1) is 0 Å². The van der Waals surface area contributed by atoms with Gasteiger partial charge < -0.3 is 10.2 Å². The zero-order valence-electron chi connectivity index (χ0n) is 14.2. The fourth-order valence-corrected chi connectivity index (χ4v) is 6.63. The number of hydrogen-bond donors (Lipinski definition) is 2. The molecule has 0 heterocycles. The van der Waals surface area contributed by atoms with E-state index in [9.17, 15) is 15.0 Å². The molecule has 0 saturated heterocycles. The van der Waals surface area contributed by atoms with Crippen molar-refractivity contribution in [3.8, 4) is 0 Å². The standard InChI is InChI=1S/C20H28O3/c1-11-8-15-14-5-4-12-9-13(21)6-7-19(12,2)17(14)16(22)10-20(15,3)18(11)23/h9,14-18,22-23H,1,4-8,10H2,2-3H3. The predicted molar refractivity (Wildman–Crippen MR) is 88.6 cm³/mol. The van der Waals surface area contributed by atoms with Crippen molar-refractivity contribution < 1.29 is 15.0 Å². The summed E-state index contributed by atoms with van der Waals surface area (Å²) < 4.78 is 0. The molecule has 0 bridgehead atoms. The first-order valence-electron chi connectivity index (χ1n) is 9.05. The van der Waals surface area contributed by atoms with Gasteiger partial charge in [0.15, 0.2) is 5.78 Å². The van der Waals surface area contributed by atoms with Crippen molar-refractivity contribution >= 4 is 5.78 Å². The van der Waals surface area contributed by atoms with Crippen LogP contribution in [0.2, 0.25) is 0 Å². The van der Waals surface area contributed by atoms with Crippen molar-refractivity contribution in [1.29, 1.82) is 0 Å². The molecule has 0 aromatic rings. The normalized spacial score (nSPS) is 52.5. The quantitative estimate of drug-likeness (QED) is 0.675. The summed E-state index contributed by atoms with van der Waals surface area (Å²) in [4.78, 5) is 11.8. The van der Waals surface area contributed by atoms with E-state index in [0.29, 0.717) is 24.7 Å². The van der Waals surface area contributed by atoms with E-state index in [2.05, 4.69) is 20.4 Å². The molecular weight excluding hydrogens is 288 g/mol. The molecule has 4 aliphatic rings. The molecular formula is C20H28O3. The van der Waals surface area contributed by atoms with Crippen LogP contribution in [0.4, 0.5) is 0 Å². The summed E-state index contributed by atoms with van der Waals surface area (Å²) in [5.74, 6) is 1.30. The second-order valence-electron chi connectivity index (χ2n) is 8.93. The van der Waals surface area contributed by atoms with Gasteiger partial charge in [0.2, 0.25) is 0 Å². The highest BCUT2D eigenvalue weighted by Crippen LogP contribution is 2.65. The van der Waals surface area contributed by atoms with E-state index >= 15 is 0 Å². The first kappa shape index (κ1) is 15.6. The SMILES string of the molecule is C=C1CC2C3CCC4=CC(=O)CCC4(C)C3C(O)CC2(C)C1O. The maximum Gasteiger partial charge on any atom is 0.155 e. The van der Waals surface area contributed by atoms with Crippen molar-refractivity contribution in [2.24, 2.45) is 28.6 Å². The number of aliphatic hydroxyl groups excluding tert-OH is 2. The molecule has 0 aromatic carbocycles. The van der Waals surface area contributed by atoms with Gasteiger partial charge in [-0.05, 0) is 66.9 Å². The summed E-state index contributed by atoms with van der Waals surface area (Å²) >= 11 is 0. The Morgan fingerprint density at radius 1 is 1.26 bits per heavy atom. The highest BCUT2D eigenvalue weighted by molar-refractivity contribution is 5.91. The van der Waals surface area contributed by atoms with Crippen LogP contribution in [0.3, 0.4) is 0 Å². The van der Waals surface area contributed by atoms with Gasteiger partial charge in [-0.1, -0.05) is 26.0 Å². The molecule has 3 saturated carbocycles. The minimum atomic E-state index is -0.485. The second-order valence-corrected chi connectivity index (χ2v) is 8.93. The predicted octanol–water partition coefficient (Wildman–Crippen LogP) is 3.02. The fourth-order valence-electron chi connectivity index (χ4n) is 6.63. The van der Waals surface area contributed by atoms with Gasteiger partial charge in [-0.3, -0.25) is 4.79 Å². The third kappa shape index (κ3) is 1.93. The number of fused-ring (bicyclic) bond motifs is 5. The molecule has 0 aromatic heterocycles. The molecule has 0 amide bonds. The van der Waals surface area contributed by atoms with E-state index in [4.69, 9.17) is 0 Å². The average Bonchev–Trinajstić information content (AvgIpc) is 2.71. The van der Waals surface area contributed by atoms with E-state index in [0.717, 1.165) is 31.3 Å². The fraction of sp³-hybridized carbons (Fsp3) is 0.750. The molecule has 0 radical (unpaired) electrons. The first-order valence-corrected chi connectivity index (χ1v) is 9.05. The minimum Gasteiger partial charge on any atom is -0.393 e. The van der Waals surface area contributed by atoms with Crippen molar-refractivity contribution in [1.82, 2.24) is 0 Å². The van der Waals surface area contributed by atoms with Gasteiger partial charge in [0.1, 0.15) is 0 Å². The largest absolute Gasteiger partial charge is 0.393 e. The van der Waals surface area contributed by atoms with Crippen LogP contribution in [0.5, 0.6) is 0 Å². The molecule has 3 fully saturated rings. The Bertz CT molecular complexity index is 606. The van der Waals surface area contributed by atoms with Crippen LogP contribution in [0.25, 0.3) is 0 Å². The molecule has 2 N–H and O–H groups in total. The number of rotatable bonds is 0. The Balaban J connectivity index is 1.76. The number of hydrogen-bond acceptors (Lipinski definition) is 3. The Morgan fingerprint density at radius 2 is 2.00 bits per heavy atom. The number of aliphatic hydroxyl groups is 2. The van der Waals surface area contributed by atoms with Crippen LogP contribution >= 0.6 is 0 Å². The number of carbonyl (C=O) groups excluding carboxylic acids is 1. The van der Waals surface area contributed by atoms with Crippen LogP contribution in [-0.4, -0.2) is 28.2 Å². The maximum atomic E-state index is 11.8. The lowest BCUT2D eigenvalue weighted by Crippen LogP contribution is -2.57. The van der Waals surface area contributed by atoms with Crippen LogP contribution in [0.1, 0.15) is 52.4 Å². The third-order valence-electron chi connectivity index (χ3n) is 7.82. The number of carbonyl (C=O) groups is 1. The molecule has 0 spiro atoms. The Kier molecular flexibility index (Phi) is 3.25. The van der Waals surface area contributed by atoms with E-state index in [-0.39, 0.29) is 22.5 Å². The van der Waals surface area contributed by atoms with Gasteiger partial charge in [-0.25, -0.2) is 0 Å².